The maximum atomic E-state index is 12.7. The first-order valence-electron chi connectivity index (χ1n) is 8.28. The summed E-state index contributed by atoms with van der Waals surface area (Å²) in [4.78, 5) is 24.2. The largest absolute Gasteiger partial charge is 0.457 e. The average Bonchev–Trinajstić information content (AvgIpc) is 2.55. The lowest BCUT2D eigenvalue weighted by Crippen LogP contribution is -2.30. The van der Waals surface area contributed by atoms with Crippen molar-refractivity contribution in [2.24, 2.45) is 0 Å². The van der Waals surface area contributed by atoms with Crippen LogP contribution in [-0.4, -0.2) is 17.5 Å². The fraction of sp³-hybridized carbons (Fsp3) is 0.300. The topological polar surface area (TPSA) is 64.6 Å². The number of hydrogen-bond donors (Lipinski definition) is 1. The van der Waals surface area contributed by atoms with Gasteiger partial charge in [0.05, 0.1) is 15.7 Å². The molecular formula is C20H21Cl2NO4. The summed E-state index contributed by atoms with van der Waals surface area (Å²) in [6, 6.07) is 12.0. The number of halogens is 2. The van der Waals surface area contributed by atoms with Gasteiger partial charge in [0.25, 0.3) is 0 Å². The third-order valence-corrected chi connectivity index (χ3v) is 4.00. The highest BCUT2D eigenvalue weighted by Crippen LogP contribution is 2.36. The molecule has 0 saturated carbocycles. The number of anilines is 2. The Morgan fingerprint density at radius 1 is 1.00 bits per heavy atom. The van der Waals surface area contributed by atoms with Crippen LogP contribution in [-0.2, 0) is 19.1 Å². The van der Waals surface area contributed by atoms with Gasteiger partial charge in [-0.3, -0.25) is 4.79 Å². The molecule has 0 aliphatic heterocycles. The SMILES string of the molecule is CC(=O)OC(C(=O)OC(C)(C)C)c1ccccc1Nc1c(Cl)cccc1Cl. The van der Waals surface area contributed by atoms with E-state index in [0.29, 0.717) is 27.0 Å². The lowest BCUT2D eigenvalue weighted by atomic mass is 10.1. The molecule has 27 heavy (non-hydrogen) atoms. The van der Waals surface area contributed by atoms with Crippen LogP contribution < -0.4 is 5.32 Å². The van der Waals surface area contributed by atoms with Crippen LogP contribution in [0.15, 0.2) is 42.5 Å². The van der Waals surface area contributed by atoms with Gasteiger partial charge in [-0.05, 0) is 39.0 Å². The summed E-state index contributed by atoms with van der Waals surface area (Å²) in [6.07, 6.45) is -1.23. The molecule has 0 amide bonds. The molecule has 7 heteroatoms. The third-order valence-electron chi connectivity index (χ3n) is 3.37. The summed E-state index contributed by atoms with van der Waals surface area (Å²) in [5.41, 5.74) is 0.700. The number of benzene rings is 2. The monoisotopic (exact) mass is 409 g/mol. The fourth-order valence-electron chi connectivity index (χ4n) is 2.35. The maximum absolute atomic E-state index is 12.7. The average molecular weight is 410 g/mol. The molecule has 0 aliphatic carbocycles. The summed E-state index contributed by atoms with van der Waals surface area (Å²) in [5, 5.41) is 3.95. The van der Waals surface area contributed by atoms with Gasteiger partial charge in [-0.1, -0.05) is 47.5 Å². The Bertz CT molecular complexity index is 826. The van der Waals surface area contributed by atoms with E-state index in [1.165, 1.54) is 6.92 Å². The molecule has 1 atom stereocenters. The zero-order valence-corrected chi connectivity index (χ0v) is 17.0. The Balaban J connectivity index is 2.45. The van der Waals surface area contributed by atoms with Crippen LogP contribution in [0.1, 0.15) is 39.4 Å². The van der Waals surface area contributed by atoms with Crippen LogP contribution in [0.25, 0.3) is 0 Å². The Hall–Kier alpha value is -2.24. The van der Waals surface area contributed by atoms with Crippen LogP contribution in [0.3, 0.4) is 0 Å². The fourth-order valence-corrected chi connectivity index (χ4v) is 2.84. The highest BCUT2D eigenvalue weighted by atomic mass is 35.5. The van der Waals surface area contributed by atoms with E-state index in [1.54, 1.807) is 63.2 Å². The molecule has 0 spiro atoms. The van der Waals surface area contributed by atoms with Crippen molar-refractivity contribution in [2.75, 3.05) is 5.32 Å². The van der Waals surface area contributed by atoms with Gasteiger partial charge in [0.1, 0.15) is 5.60 Å². The zero-order chi connectivity index (χ0) is 20.2. The molecule has 0 aliphatic rings. The first kappa shape index (κ1) is 21.1. The van der Waals surface area contributed by atoms with Crippen molar-refractivity contribution in [3.05, 3.63) is 58.1 Å². The first-order valence-corrected chi connectivity index (χ1v) is 9.04. The molecule has 0 radical (unpaired) electrons. The molecule has 144 valence electrons. The van der Waals surface area contributed by atoms with Crippen molar-refractivity contribution >= 4 is 46.5 Å². The minimum Gasteiger partial charge on any atom is -0.457 e. The van der Waals surface area contributed by atoms with Gasteiger partial charge >= 0.3 is 11.9 Å². The van der Waals surface area contributed by atoms with Crippen molar-refractivity contribution in [1.29, 1.82) is 0 Å². The maximum Gasteiger partial charge on any atom is 0.352 e. The predicted octanol–water partition coefficient (Wildman–Crippen LogP) is 5.68. The minimum absolute atomic E-state index is 0.415. The second-order valence-corrected chi connectivity index (χ2v) is 7.65. The van der Waals surface area contributed by atoms with Crippen LogP contribution in [0.4, 0.5) is 11.4 Å². The molecule has 1 unspecified atom stereocenters. The van der Waals surface area contributed by atoms with E-state index in [2.05, 4.69) is 5.32 Å². The molecule has 0 fully saturated rings. The van der Waals surface area contributed by atoms with Crippen molar-refractivity contribution in [3.63, 3.8) is 0 Å². The zero-order valence-electron chi connectivity index (χ0n) is 15.5. The van der Waals surface area contributed by atoms with Gasteiger partial charge in [-0.25, -0.2) is 4.79 Å². The lowest BCUT2D eigenvalue weighted by molar-refractivity contribution is -0.175. The quantitative estimate of drug-likeness (QED) is 0.643. The van der Waals surface area contributed by atoms with Gasteiger partial charge in [0, 0.05) is 18.2 Å². The van der Waals surface area contributed by atoms with Crippen LogP contribution in [0.5, 0.6) is 0 Å². The highest BCUT2D eigenvalue weighted by Gasteiger charge is 2.31. The summed E-state index contributed by atoms with van der Waals surface area (Å²) >= 11 is 12.4. The Morgan fingerprint density at radius 3 is 2.15 bits per heavy atom. The predicted molar refractivity (Wildman–Crippen MR) is 107 cm³/mol. The first-order chi connectivity index (χ1) is 12.6. The van der Waals surface area contributed by atoms with Crippen molar-refractivity contribution in [3.8, 4) is 0 Å². The van der Waals surface area contributed by atoms with Gasteiger partial charge in [0.15, 0.2) is 0 Å². The molecule has 2 aromatic carbocycles. The standard InChI is InChI=1S/C20H21Cl2NO4/c1-12(24)26-18(19(25)27-20(2,3)4)13-8-5-6-11-16(13)23-17-14(21)9-7-10-15(17)22/h5-11,18,23H,1-4H3. The number of carbonyl (C=O) groups excluding carboxylic acids is 2. The van der Waals surface area contributed by atoms with E-state index < -0.39 is 23.6 Å². The second kappa shape index (κ2) is 8.63. The van der Waals surface area contributed by atoms with Crippen LogP contribution in [0, 0.1) is 0 Å². The second-order valence-electron chi connectivity index (χ2n) is 6.83. The number of hydrogen-bond acceptors (Lipinski definition) is 5. The van der Waals surface area contributed by atoms with Crippen LogP contribution >= 0.6 is 23.2 Å². The summed E-state index contributed by atoms with van der Waals surface area (Å²) in [5.74, 6) is -1.27. The summed E-state index contributed by atoms with van der Waals surface area (Å²) < 4.78 is 10.7. The van der Waals surface area contributed by atoms with E-state index in [0.717, 1.165) is 0 Å². The number of rotatable bonds is 5. The summed E-state index contributed by atoms with van der Waals surface area (Å²) in [6.45, 7) is 6.45. The third kappa shape index (κ3) is 5.88. The molecule has 0 aromatic heterocycles. The Morgan fingerprint density at radius 2 is 1.59 bits per heavy atom. The Kier molecular flexibility index (Phi) is 6.73. The smallest absolute Gasteiger partial charge is 0.352 e. The molecule has 0 heterocycles. The molecule has 2 rings (SSSR count). The van der Waals surface area contributed by atoms with Crippen molar-refractivity contribution in [1.82, 2.24) is 0 Å². The normalized spacial score (nSPS) is 12.2. The number of esters is 2. The number of para-hydroxylation sites is 2. The molecule has 2 aromatic rings. The molecule has 5 nitrogen and oxygen atoms in total. The molecule has 1 N–H and O–H groups in total. The molecule has 0 saturated heterocycles. The van der Waals surface area contributed by atoms with Gasteiger partial charge in [-0.15, -0.1) is 0 Å². The van der Waals surface area contributed by atoms with E-state index in [9.17, 15) is 9.59 Å². The molecular weight excluding hydrogens is 389 g/mol. The summed E-state index contributed by atoms with van der Waals surface area (Å²) in [7, 11) is 0. The highest BCUT2D eigenvalue weighted by molar-refractivity contribution is 6.39. The van der Waals surface area contributed by atoms with Gasteiger partial charge < -0.3 is 14.8 Å². The lowest BCUT2D eigenvalue weighted by Gasteiger charge is -2.25. The van der Waals surface area contributed by atoms with Crippen LogP contribution in [0.2, 0.25) is 10.0 Å². The number of carbonyl (C=O) groups is 2. The van der Waals surface area contributed by atoms with Crippen molar-refractivity contribution < 1.29 is 19.1 Å². The minimum atomic E-state index is -1.23. The Labute approximate surface area is 168 Å². The molecule has 0 bridgehead atoms. The van der Waals surface area contributed by atoms with Gasteiger partial charge in [-0.2, -0.15) is 0 Å². The van der Waals surface area contributed by atoms with Gasteiger partial charge in [0.2, 0.25) is 6.10 Å². The van der Waals surface area contributed by atoms with E-state index >= 15 is 0 Å². The van der Waals surface area contributed by atoms with E-state index in [4.69, 9.17) is 32.7 Å². The van der Waals surface area contributed by atoms with E-state index in [1.807, 2.05) is 0 Å². The number of nitrogens with one attached hydrogen (secondary N) is 1. The number of ether oxygens (including phenoxy) is 2. The van der Waals surface area contributed by atoms with Crippen molar-refractivity contribution in [2.45, 2.75) is 39.4 Å². The van der Waals surface area contributed by atoms with E-state index in [-0.39, 0.29) is 0 Å².